The Kier molecular flexibility index (Phi) is 6.65. The van der Waals surface area contributed by atoms with Crippen LogP contribution in [-0.2, 0) is 20.7 Å². The number of aliphatic hydroxyl groups excluding tert-OH is 1. The summed E-state index contributed by atoms with van der Waals surface area (Å²) in [4.78, 5) is 27.3. The summed E-state index contributed by atoms with van der Waals surface area (Å²) in [6.45, 7) is 3.67. The smallest absolute Gasteiger partial charge is 0.355 e. The first-order valence-corrected chi connectivity index (χ1v) is 11.5. The maximum absolute atomic E-state index is 12.4. The van der Waals surface area contributed by atoms with Crippen LogP contribution < -0.4 is 5.32 Å². The highest BCUT2D eigenvalue weighted by Gasteiger charge is 2.53. The van der Waals surface area contributed by atoms with E-state index < -0.39 is 18.2 Å². The van der Waals surface area contributed by atoms with E-state index in [1.807, 2.05) is 17.5 Å². The Morgan fingerprint density at radius 2 is 2.35 bits per heavy atom. The number of hydrogen-bond donors (Lipinski definition) is 2. The second kappa shape index (κ2) is 8.77. The third-order valence-corrected chi connectivity index (χ3v) is 7.31. The summed E-state index contributed by atoms with van der Waals surface area (Å²) in [6, 6.07) is 3.40. The monoisotopic (exact) mass is 506 g/mol. The van der Waals surface area contributed by atoms with Gasteiger partial charge in [-0.3, -0.25) is 4.79 Å². The Morgan fingerprint density at radius 1 is 1.54 bits per heavy atom. The fourth-order valence-electron chi connectivity index (χ4n) is 2.93. The zero-order valence-corrected chi connectivity index (χ0v) is 17.7. The molecule has 1 amide bonds. The summed E-state index contributed by atoms with van der Waals surface area (Å²) in [5.41, 5.74) is 1.35. The lowest BCUT2D eigenvalue weighted by atomic mass is 10.0. The minimum absolute atomic E-state index is 0.125. The predicted octanol–water partition coefficient (Wildman–Crippen LogP) is 1.90. The quantitative estimate of drug-likeness (QED) is 0.255. The highest BCUT2D eigenvalue weighted by atomic mass is 127. The number of carbonyl (C=O) groups excluding carboxylic acids is 2. The van der Waals surface area contributed by atoms with Crippen molar-refractivity contribution in [3.8, 4) is 0 Å². The molecular formula is C17H19IN2O4S2. The van der Waals surface area contributed by atoms with E-state index in [9.17, 15) is 14.7 Å². The number of carbonyl (C=O) groups is 2. The molecule has 0 saturated carbocycles. The molecule has 6 nitrogen and oxygen atoms in total. The van der Waals surface area contributed by atoms with Crippen molar-refractivity contribution in [3.05, 3.63) is 46.3 Å². The van der Waals surface area contributed by atoms with Crippen LogP contribution in [0, 0.1) is 0 Å². The highest BCUT2D eigenvalue weighted by Crippen LogP contribution is 2.43. The maximum atomic E-state index is 12.4. The first kappa shape index (κ1) is 19.7. The number of alkyl halides is 1. The molecule has 0 spiro atoms. The maximum Gasteiger partial charge on any atom is 0.355 e. The van der Waals surface area contributed by atoms with Crippen LogP contribution in [0.3, 0.4) is 0 Å². The molecule has 2 N–H and O–H groups in total. The molecule has 0 aliphatic carbocycles. The molecule has 1 saturated heterocycles. The molecule has 1 aromatic rings. The van der Waals surface area contributed by atoms with Crippen LogP contribution >= 0.6 is 45.7 Å². The fraction of sp³-hybridized carbons (Fsp3) is 0.412. The molecule has 0 radical (unpaired) electrons. The Labute approximate surface area is 173 Å². The van der Waals surface area contributed by atoms with Gasteiger partial charge < -0.3 is 20.1 Å². The third kappa shape index (κ3) is 3.95. The van der Waals surface area contributed by atoms with Gasteiger partial charge in [-0.25, -0.2) is 4.79 Å². The number of nitrogens with zero attached hydrogens (tertiary/aromatic N) is 1. The summed E-state index contributed by atoms with van der Waals surface area (Å²) in [5, 5.41) is 15.2. The van der Waals surface area contributed by atoms with Gasteiger partial charge in [-0.05, 0) is 17.0 Å². The summed E-state index contributed by atoms with van der Waals surface area (Å²) in [6.07, 6.45) is 0.864. The lowest BCUT2D eigenvalue weighted by molar-refractivity contribution is -0.151. The van der Waals surface area contributed by atoms with Crippen LogP contribution in [0.4, 0.5) is 0 Å². The molecular weight excluding hydrogens is 487 g/mol. The number of ether oxygens (including phenoxy) is 1. The van der Waals surface area contributed by atoms with Gasteiger partial charge in [-0.15, -0.1) is 23.1 Å². The van der Waals surface area contributed by atoms with E-state index in [1.54, 1.807) is 16.7 Å². The van der Waals surface area contributed by atoms with E-state index in [2.05, 4.69) is 34.5 Å². The third-order valence-electron chi connectivity index (χ3n) is 4.14. The zero-order chi connectivity index (χ0) is 18.7. The van der Waals surface area contributed by atoms with Gasteiger partial charge in [0.2, 0.25) is 5.91 Å². The number of amides is 1. The van der Waals surface area contributed by atoms with Crippen molar-refractivity contribution in [3.63, 3.8) is 0 Å². The Balaban J connectivity index is 1.68. The van der Waals surface area contributed by atoms with E-state index >= 15 is 0 Å². The minimum Gasteiger partial charge on any atom is -0.457 e. The zero-order valence-electron chi connectivity index (χ0n) is 13.9. The normalized spacial score (nSPS) is 24.5. The molecule has 2 aliphatic rings. The second-order valence-corrected chi connectivity index (χ2v) is 8.74. The van der Waals surface area contributed by atoms with Gasteiger partial charge in [0.1, 0.15) is 23.7 Å². The lowest BCUT2D eigenvalue weighted by Crippen LogP contribution is -2.73. The van der Waals surface area contributed by atoms with Gasteiger partial charge in [0.25, 0.3) is 0 Å². The molecule has 1 fully saturated rings. The van der Waals surface area contributed by atoms with Crippen molar-refractivity contribution in [2.75, 3.05) is 16.8 Å². The van der Waals surface area contributed by atoms with E-state index in [4.69, 9.17) is 4.74 Å². The first-order valence-electron chi connectivity index (χ1n) is 8.02. The highest BCUT2D eigenvalue weighted by molar-refractivity contribution is 14.1. The van der Waals surface area contributed by atoms with Gasteiger partial charge in [-0.2, -0.15) is 0 Å². The number of hydrogen-bond acceptors (Lipinski definition) is 7. The van der Waals surface area contributed by atoms with Gasteiger partial charge in [-0.1, -0.05) is 41.3 Å². The average molecular weight is 506 g/mol. The molecule has 2 aliphatic heterocycles. The SMILES string of the molecule is C=CCOC(=O)C1=C(CI)CS[C@@H]2[C@H](NC(=O)Cc3cccs3)C(O)N12. The van der Waals surface area contributed by atoms with Gasteiger partial charge in [0.15, 0.2) is 6.23 Å². The number of aliphatic hydroxyl groups is 1. The van der Waals surface area contributed by atoms with Crippen molar-refractivity contribution < 1.29 is 19.4 Å². The summed E-state index contributed by atoms with van der Waals surface area (Å²) >= 11 is 5.34. The van der Waals surface area contributed by atoms with Crippen molar-refractivity contribution in [1.29, 1.82) is 0 Å². The van der Waals surface area contributed by atoms with E-state index in [1.165, 1.54) is 17.4 Å². The Hall–Kier alpha value is -1.04. The minimum atomic E-state index is -0.940. The molecule has 0 bridgehead atoms. The number of thioether (sulfide) groups is 1. The van der Waals surface area contributed by atoms with Crippen LogP contribution in [0.2, 0.25) is 0 Å². The van der Waals surface area contributed by atoms with E-state index in [0.29, 0.717) is 22.3 Å². The number of thiophene rings is 1. The Morgan fingerprint density at radius 3 is 3.00 bits per heavy atom. The van der Waals surface area contributed by atoms with Crippen molar-refractivity contribution >= 4 is 57.6 Å². The first-order chi connectivity index (χ1) is 12.6. The summed E-state index contributed by atoms with van der Waals surface area (Å²) < 4.78 is 5.86. The van der Waals surface area contributed by atoms with E-state index in [0.717, 1.165) is 10.5 Å². The van der Waals surface area contributed by atoms with Gasteiger partial charge in [0.05, 0.1) is 6.42 Å². The average Bonchev–Trinajstić information content (AvgIpc) is 3.15. The van der Waals surface area contributed by atoms with E-state index in [-0.39, 0.29) is 17.9 Å². The number of rotatable bonds is 7. The Bertz CT molecular complexity index is 722. The largest absolute Gasteiger partial charge is 0.457 e. The molecule has 3 rings (SSSR count). The number of esters is 1. The topological polar surface area (TPSA) is 78.9 Å². The molecule has 26 heavy (non-hydrogen) atoms. The van der Waals surface area contributed by atoms with Crippen LogP contribution in [0.1, 0.15) is 4.88 Å². The molecule has 9 heteroatoms. The van der Waals surface area contributed by atoms with Crippen molar-refractivity contribution in [2.45, 2.75) is 24.1 Å². The molecule has 3 heterocycles. The summed E-state index contributed by atoms with van der Waals surface area (Å²) in [7, 11) is 0. The predicted molar refractivity (Wildman–Crippen MR) is 111 cm³/mol. The van der Waals surface area contributed by atoms with Crippen molar-refractivity contribution in [2.24, 2.45) is 0 Å². The number of nitrogens with one attached hydrogen (secondary N) is 1. The fourth-order valence-corrected chi connectivity index (χ4v) is 6.05. The molecule has 3 atom stereocenters. The molecule has 0 aromatic carbocycles. The van der Waals surface area contributed by atoms with Crippen LogP contribution in [0.15, 0.2) is 41.4 Å². The lowest BCUT2D eigenvalue weighted by Gasteiger charge is -2.55. The van der Waals surface area contributed by atoms with Gasteiger partial charge in [0, 0.05) is 15.1 Å². The molecule has 1 aromatic heterocycles. The van der Waals surface area contributed by atoms with Crippen LogP contribution in [0.25, 0.3) is 0 Å². The molecule has 140 valence electrons. The van der Waals surface area contributed by atoms with Crippen LogP contribution in [-0.4, -0.2) is 56.3 Å². The van der Waals surface area contributed by atoms with Crippen molar-refractivity contribution in [1.82, 2.24) is 10.2 Å². The number of halogens is 1. The molecule has 1 unspecified atom stereocenters. The standard InChI is InChI=1S/C17H19IN2O4S2/c1-2-5-24-17(23)14-10(8-18)9-26-16-13(15(22)20(14)16)19-12(21)7-11-4-3-6-25-11/h2-4,6,13,15-16,22H,1,5,7-9H2,(H,19,21)/t13-,15?,16-/m1/s1. The van der Waals surface area contributed by atoms with Gasteiger partial charge >= 0.3 is 5.97 Å². The summed E-state index contributed by atoms with van der Waals surface area (Å²) in [5.74, 6) is 0.0904. The second-order valence-electron chi connectivity index (χ2n) is 5.84. The van der Waals surface area contributed by atoms with Crippen LogP contribution in [0.5, 0.6) is 0 Å². The number of fused-ring (bicyclic) bond motifs is 1.